The van der Waals surface area contributed by atoms with Gasteiger partial charge in [-0.3, -0.25) is 9.79 Å². The van der Waals surface area contributed by atoms with E-state index >= 15 is 0 Å². The number of carboxylic acids is 1. The predicted molar refractivity (Wildman–Crippen MR) is 90.5 cm³/mol. The Hall–Kier alpha value is -2.37. The van der Waals surface area contributed by atoms with Crippen molar-refractivity contribution in [2.24, 2.45) is 10.4 Å². The van der Waals surface area contributed by atoms with E-state index in [2.05, 4.69) is 4.99 Å². The summed E-state index contributed by atoms with van der Waals surface area (Å²) in [7, 11) is 0. The molecular formula is C18H21N3O3. The first-order valence-corrected chi connectivity index (χ1v) is 8.26. The van der Waals surface area contributed by atoms with Crippen LogP contribution in [0.25, 0.3) is 0 Å². The first-order valence-electron chi connectivity index (χ1n) is 8.26. The molecule has 3 aliphatic heterocycles. The van der Waals surface area contributed by atoms with Gasteiger partial charge in [0.1, 0.15) is 0 Å². The van der Waals surface area contributed by atoms with E-state index in [1.165, 1.54) is 0 Å². The van der Waals surface area contributed by atoms with Crippen LogP contribution in [0.1, 0.15) is 37.6 Å². The van der Waals surface area contributed by atoms with Crippen molar-refractivity contribution in [2.45, 2.75) is 44.8 Å². The molecule has 3 atom stereocenters. The molecule has 24 heavy (non-hydrogen) atoms. The Labute approximate surface area is 140 Å². The molecule has 6 heteroatoms. The molecule has 1 aromatic carbocycles. The van der Waals surface area contributed by atoms with Crippen molar-refractivity contribution >= 4 is 23.9 Å². The van der Waals surface area contributed by atoms with Crippen molar-refractivity contribution in [3.63, 3.8) is 0 Å². The molecule has 6 nitrogen and oxygen atoms in total. The molecule has 1 aromatic rings. The summed E-state index contributed by atoms with van der Waals surface area (Å²) in [4.78, 5) is 33.5. The molecule has 0 spiro atoms. The lowest BCUT2D eigenvalue weighted by Gasteiger charge is -2.51. The molecule has 1 saturated heterocycles. The molecular weight excluding hydrogens is 306 g/mol. The van der Waals surface area contributed by atoms with Gasteiger partial charge in [0.25, 0.3) is 5.91 Å². The third-order valence-electron chi connectivity index (χ3n) is 5.69. The molecule has 126 valence electrons. The topological polar surface area (TPSA) is 73.2 Å². The number of nitrogens with zero attached hydrogens (tertiary/aromatic N) is 3. The number of aliphatic imine (C=N–C) groups is 1. The third kappa shape index (κ3) is 1.63. The molecule has 1 fully saturated rings. The fourth-order valence-electron chi connectivity index (χ4n) is 4.34. The smallest absolute Gasteiger partial charge is 0.334 e. The minimum absolute atomic E-state index is 0.0159. The Morgan fingerprint density at radius 1 is 1.33 bits per heavy atom. The highest BCUT2D eigenvalue weighted by atomic mass is 16.4. The van der Waals surface area contributed by atoms with Crippen LogP contribution in [0.4, 0.5) is 5.69 Å². The van der Waals surface area contributed by atoms with Crippen LogP contribution in [0.15, 0.2) is 29.3 Å². The molecule has 0 bridgehead atoms. The maximum absolute atomic E-state index is 12.9. The van der Waals surface area contributed by atoms with E-state index in [1.54, 1.807) is 12.4 Å². The normalized spacial score (nSPS) is 31.0. The number of carbonyl (C=O) groups excluding carboxylic acids is 1. The van der Waals surface area contributed by atoms with E-state index in [0.717, 1.165) is 12.1 Å². The number of anilines is 1. The predicted octanol–water partition coefficient (Wildman–Crippen LogP) is 2.00. The average molecular weight is 327 g/mol. The molecule has 1 N–H and O–H groups in total. The zero-order valence-corrected chi connectivity index (χ0v) is 14.1. The van der Waals surface area contributed by atoms with Gasteiger partial charge in [0, 0.05) is 12.0 Å². The fourth-order valence-corrected chi connectivity index (χ4v) is 4.34. The van der Waals surface area contributed by atoms with Gasteiger partial charge in [0.05, 0.1) is 29.7 Å². The number of carbonyl (C=O) groups is 2. The van der Waals surface area contributed by atoms with Crippen molar-refractivity contribution in [2.75, 3.05) is 11.4 Å². The summed E-state index contributed by atoms with van der Waals surface area (Å²) in [6, 6.07) is 6.86. The maximum atomic E-state index is 12.9. The summed E-state index contributed by atoms with van der Waals surface area (Å²) in [5, 5.41) is 10.1. The SMILES string of the molecule is CC(C)(C)[C@]1(C(=O)O)N=CN2c3ccccc3C(=O)N3CCC3C21. The monoisotopic (exact) mass is 327 g/mol. The third-order valence-corrected chi connectivity index (χ3v) is 5.69. The van der Waals surface area contributed by atoms with Crippen LogP contribution in [0.5, 0.6) is 0 Å². The van der Waals surface area contributed by atoms with Crippen LogP contribution in [0, 0.1) is 5.41 Å². The van der Waals surface area contributed by atoms with E-state index in [0.29, 0.717) is 12.1 Å². The van der Waals surface area contributed by atoms with Crippen LogP contribution < -0.4 is 4.90 Å². The van der Waals surface area contributed by atoms with Gasteiger partial charge in [0.2, 0.25) is 0 Å². The van der Waals surface area contributed by atoms with E-state index in [1.807, 2.05) is 48.8 Å². The summed E-state index contributed by atoms with van der Waals surface area (Å²) in [6.07, 6.45) is 2.42. The minimum Gasteiger partial charge on any atom is -0.479 e. The lowest BCUT2D eigenvalue weighted by atomic mass is 9.66. The number of fused-ring (bicyclic) bond motifs is 5. The van der Waals surface area contributed by atoms with Crippen molar-refractivity contribution < 1.29 is 14.7 Å². The van der Waals surface area contributed by atoms with E-state index < -0.39 is 23.0 Å². The van der Waals surface area contributed by atoms with Crippen molar-refractivity contribution in [3.8, 4) is 0 Å². The summed E-state index contributed by atoms with van der Waals surface area (Å²) in [5.41, 5.74) is -0.504. The minimum atomic E-state index is -1.28. The van der Waals surface area contributed by atoms with E-state index in [-0.39, 0.29) is 11.9 Å². The van der Waals surface area contributed by atoms with Gasteiger partial charge in [-0.15, -0.1) is 0 Å². The molecule has 0 aliphatic carbocycles. The number of aliphatic carboxylic acids is 1. The number of hydrogen-bond donors (Lipinski definition) is 1. The molecule has 0 radical (unpaired) electrons. The number of hydrogen-bond acceptors (Lipinski definition) is 4. The largest absolute Gasteiger partial charge is 0.479 e. The molecule has 0 aromatic heterocycles. The van der Waals surface area contributed by atoms with Gasteiger partial charge in [-0.1, -0.05) is 32.9 Å². The van der Waals surface area contributed by atoms with E-state index in [4.69, 9.17) is 0 Å². The number of carboxylic acid groups (broad SMARTS) is 1. The molecule has 3 heterocycles. The summed E-state index contributed by atoms with van der Waals surface area (Å²) < 4.78 is 0. The van der Waals surface area contributed by atoms with Crippen molar-refractivity contribution in [3.05, 3.63) is 29.8 Å². The fraction of sp³-hybridized carbons (Fsp3) is 0.500. The zero-order valence-electron chi connectivity index (χ0n) is 14.1. The van der Waals surface area contributed by atoms with Gasteiger partial charge < -0.3 is 14.9 Å². The Morgan fingerprint density at radius 2 is 2.04 bits per heavy atom. The molecule has 3 aliphatic rings. The molecule has 2 unspecified atom stereocenters. The van der Waals surface area contributed by atoms with Crippen molar-refractivity contribution in [1.29, 1.82) is 0 Å². The Balaban J connectivity index is 1.95. The van der Waals surface area contributed by atoms with Gasteiger partial charge in [-0.05, 0) is 18.6 Å². The van der Waals surface area contributed by atoms with Gasteiger partial charge in [0.15, 0.2) is 5.54 Å². The summed E-state index contributed by atoms with van der Waals surface area (Å²) in [6.45, 7) is 6.39. The average Bonchev–Trinajstić information content (AvgIpc) is 2.84. The number of rotatable bonds is 1. The highest BCUT2D eigenvalue weighted by molar-refractivity contribution is 6.06. The van der Waals surface area contributed by atoms with Crippen LogP contribution in [0.3, 0.4) is 0 Å². The Morgan fingerprint density at radius 3 is 2.62 bits per heavy atom. The molecule has 4 rings (SSSR count). The van der Waals surface area contributed by atoms with Gasteiger partial charge >= 0.3 is 5.97 Å². The van der Waals surface area contributed by atoms with Gasteiger partial charge in [-0.25, -0.2) is 4.79 Å². The first kappa shape index (κ1) is 15.2. The summed E-state index contributed by atoms with van der Waals surface area (Å²) in [5.74, 6) is -0.949. The highest BCUT2D eigenvalue weighted by Gasteiger charge is 2.65. The highest BCUT2D eigenvalue weighted by Crippen LogP contribution is 2.49. The number of amides is 1. The number of para-hydroxylation sites is 1. The standard InChI is InChI=1S/C18H21N3O3/c1-17(2,3)18(16(23)24)14-13-8-9-20(13)15(22)11-6-4-5-7-12(11)21(14)10-19-18/h4-7,10,13-14H,8-9H2,1-3H3,(H,23,24)/t13?,14?,18-/m0/s1. The first-order chi connectivity index (χ1) is 11.3. The lowest BCUT2D eigenvalue weighted by molar-refractivity contribution is -0.149. The second-order valence-corrected chi connectivity index (χ2v) is 7.79. The Bertz CT molecular complexity index is 767. The van der Waals surface area contributed by atoms with Crippen LogP contribution in [0.2, 0.25) is 0 Å². The Kier molecular flexibility index (Phi) is 2.90. The summed E-state index contributed by atoms with van der Waals surface area (Å²) >= 11 is 0. The van der Waals surface area contributed by atoms with Crippen LogP contribution >= 0.6 is 0 Å². The molecule has 0 saturated carbocycles. The number of benzene rings is 1. The van der Waals surface area contributed by atoms with E-state index in [9.17, 15) is 14.7 Å². The van der Waals surface area contributed by atoms with Gasteiger partial charge in [-0.2, -0.15) is 0 Å². The van der Waals surface area contributed by atoms with Crippen molar-refractivity contribution in [1.82, 2.24) is 4.90 Å². The van der Waals surface area contributed by atoms with Crippen LogP contribution in [-0.4, -0.2) is 52.4 Å². The molecule has 1 amide bonds. The second kappa shape index (κ2) is 4.59. The maximum Gasteiger partial charge on any atom is 0.334 e. The van der Waals surface area contributed by atoms with Crippen LogP contribution in [-0.2, 0) is 4.79 Å². The zero-order chi connectivity index (χ0) is 17.3. The lowest BCUT2D eigenvalue weighted by Crippen LogP contribution is -2.69. The second-order valence-electron chi connectivity index (χ2n) is 7.79. The quantitative estimate of drug-likeness (QED) is 0.856.